The first-order valence-electron chi connectivity index (χ1n) is 9.91. The zero-order valence-corrected chi connectivity index (χ0v) is 17.5. The highest BCUT2D eigenvalue weighted by Crippen LogP contribution is 2.32. The molecule has 0 unspecified atom stereocenters. The topological polar surface area (TPSA) is 58.1 Å². The number of benzene rings is 1. The average Bonchev–Trinajstić information content (AvgIpc) is 3.10. The summed E-state index contributed by atoms with van der Waals surface area (Å²) >= 11 is 1.74. The van der Waals surface area contributed by atoms with Crippen LogP contribution in [0.5, 0.6) is 0 Å². The van der Waals surface area contributed by atoms with Crippen LogP contribution in [0, 0.1) is 19.8 Å². The molecule has 0 radical (unpaired) electrons. The minimum atomic E-state index is 0.0445. The van der Waals surface area contributed by atoms with Crippen LogP contribution in [-0.2, 0) is 11.2 Å². The van der Waals surface area contributed by atoms with Gasteiger partial charge in [-0.25, -0.2) is 9.97 Å². The van der Waals surface area contributed by atoms with Gasteiger partial charge in [0.15, 0.2) is 0 Å². The van der Waals surface area contributed by atoms with E-state index in [0.717, 1.165) is 54.1 Å². The van der Waals surface area contributed by atoms with E-state index in [9.17, 15) is 4.79 Å². The summed E-state index contributed by atoms with van der Waals surface area (Å²) < 4.78 is 0. The van der Waals surface area contributed by atoms with Crippen molar-refractivity contribution in [1.29, 1.82) is 0 Å². The fourth-order valence-electron chi connectivity index (χ4n) is 3.96. The van der Waals surface area contributed by atoms with Crippen LogP contribution in [0.2, 0.25) is 0 Å². The Kier molecular flexibility index (Phi) is 5.31. The van der Waals surface area contributed by atoms with Gasteiger partial charge in [-0.2, -0.15) is 0 Å². The number of nitrogens with one attached hydrogen (secondary N) is 1. The Morgan fingerprint density at radius 2 is 1.86 bits per heavy atom. The molecule has 28 heavy (non-hydrogen) atoms. The van der Waals surface area contributed by atoms with Crippen LogP contribution in [0.3, 0.4) is 0 Å². The van der Waals surface area contributed by atoms with E-state index in [0.29, 0.717) is 0 Å². The van der Waals surface area contributed by atoms with Gasteiger partial charge in [0.1, 0.15) is 17.0 Å². The number of carbonyl (C=O) groups excluding carboxylic acids is 1. The van der Waals surface area contributed by atoms with Crippen molar-refractivity contribution in [1.82, 2.24) is 9.97 Å². The number of nitrogens with zero attached hydrogens (tertiary/aromatic N) is 3. The van der Waals surface area contributed by atoms with E-state index in [1.807, 2.05) is 12.1 Å². The molecule has 146 valence electrons. The van der Waals surface area contributed by atoms with E-state index < -0.39 is 0 Å². The molecule has 1 fully saturated rings. The van der Waals surface area contributed by atoms with Gasteiger partial charge in [0, 0.05) is 29.6 Å². The number of thiophene rings is 1. The van der Waals surface area contributed by atoms with Crippen LogP contribution < -0.4 is 10.2 Å². The second kappa shape index (κ2) is 7.87. The Hall–Kier alpha value is -2.47. The van der Waals surface area contributed by atoms with Gasteiger partial charge in [0.25, 0.3) is 0 Å². The Morgan fingerprint density at radius 1 is 1.14 bits per heavy atom. The second-order valence-corrected chi connectivity index (χ2v) is 8.72. The lowest BCUT2D eigenvalue weighted by atomic mass is 9.95. The predicted octanol–water partition coefficient (Wildman–Crippen LogP) is 4.73. The Labute approximate surface area is 169 Å². The molecular formula is C22H26N4OS. The maximum Gasteiger partial charge on any atom is 0.227 e. The first-order chi connectivity index (χ1) is 13.5. The van der Waals surface area contributed by atoms with E-state index >= 15 is 0 Å². The quantitative estimate of drug-likeness (QED) is 0.695. The largest absolute Gasteiger partial charge is 0.356 e. The smallest absolute Gasteiger partial charge is 0.227 e. The minimum absolute atomic E-state index is 0.0445. The number of aromatic nitrogens is 2. The van der Waals surface area contributed by atoms with Crippen LogP contribution in [-0.4, -0.2) is 29.0 Å². The maximum atomic E-state index is 12.7. The molecule has 0 atom stereocenters. The third-order valence-corrected chi connectivity index (χ3v) is 6.55. The second-order valence-electron chi connectivity index (χ2n) is 7.61. The van der Waals surface area contributed by atoms with Crippen molar-refractivity contribution in [2.45, 2.75) is 40.0 Å². The fourth-order valence-corrected chi connectivity index (χ4v) is 4.89. The van der Waals surface area contributed by atoms with Gasteiger partial charge in [-0.15, -0.1) is 11.3 Å². The summed E-state index contributed by atoms with van der Waals surface area (Å²) in [6.45, 7) is 7.95. The number of hydrogen-bond acceptors (Lipinski definition) is 5. The highest BCUT2D eigenvalue weighted by Gasteiger charge is 2.27. The van der Waals surface area contributed by atoms with Crippen molar-refractivity contribution in [3.8, 4) is 0 Å². The number of hydrogen-bond donors (Lipinski definition) is 1. The third kappa shape index (κ3) is 3.87. The van der Waals surface area contributed by atoms with Gasteiger partial charge >= 0.3 is 0 Å². The number of aryl methyl sites for hydroxylation is 3. The molecule has 0 spiro atoms. The summed E-state index contributed by atoms with van der Waals surface area (Å²) in [7, 11) is 0. The van der Waals surface area contributed by atoms with E-state index in [2.05, 4.69) is 53.1 Å². The number of amides is 1. The number of piperidine rings is 1. The van der Waals surface area contributed by atoms with Crippen molar-refractivity contribution in [3.63, 3.8) is 0 Å². The first kappa shape index (κ1) is 18.9. The molecule has 1 N–H and O–H groups in total. The monoisotopic (exact) mass is 394 g/mol. The SMILES string of the molecule is CCc1cc2c(N3CCC(C(=O)Nc4cc(C)cc(C)c4)CC3)ncnc2s1. The summed E-state index contributed by atoms with van der Waals surface area (Å²) in [6, 6.07) is 8.39. The van der Waals surface area contributed by atoms with Crippen LogP contribution in [0.25, 0.3) is 10.2 Å². The van der Waals surface area contributed by atoms with Crippen molar-refractivity contribution in [2.24, 2.45) is 5.92 Å². The molecule has 1 aliphatic rings. The van der Waals surface area contributed by atoms with Crippen molar-refractivity contribution in [2.75, 3.05) is 23.3 Å². The van der Waals surface area contributed by atoms with Crippen LogP contribution in [0.4, 0.5) is 11.5 Å². The summed E-state index contributed by atoms with van der Waals surface area (Å²) in [4.78, 5) is 26.4. The highest BCUT2D eigenvalue weighted by molar-refractivity contribution is 7.18. The average molecular weight is 395 g/mol. The minimum Gasteiger partial charge on any atom is -0.356 e. The number of carbonyl (C=O) groups is 1. The molecule has 1 saturated heterocycles. The molecule has 6 heteroatoms. The number of fused-ring (bicyclic) bond motifs is 1. The van der Waals surface area contributed by atoms with Gasteiger partial charge < -0.3 is 10.2 Å². The van der Waals surface area contributed by atoms with E-state index in [4.69, 9.17) is 0 Å². The van der Waals surface area contributed by atoms with Crippen LogP contribution in [0.15, 0.2) is 30.6 Å². The molecular weight excluding hydrogens is 368 g/mol. The zero-order valence-electron chi connectivity index (χ0n) is 16.7. The molecule has 1 aliphatic heterocycles. The predicted molar refractivity (Wildman–Crippen MR) is 116 cm³/mol. The van der Waals surface area contributed by atoms with Gasteiger partial charge in [-0.3, -0.25) is 4.79 Å². The molecule has 2 aromatic heterocycles. The molecule has 1 amide bonds. The molecule has 0 aliphatic carbocycles. The van der Waals surface area contributed by atoms with Crippen molar-refractivity contribution in [3.05, 3.63) is 46.6 Å². The Balaban J connectivity index is 1.43. The van der Waals surface area contributed by atoms with Gasteiger partial charge in [0.2, 0.25) is 5.91 Å². The van der Waals surface area contributed by atoms with Crippen LogP contribution in [0.1, 0.15) is 35.8 Å². The van der Waals surface area contributed by atoms with E-state index in [1.165, 1.54) is 16.0 Å². The third-order valence-electron chi connectivity index (χ3n) is 5.36. The maximum absolute atomic E-state index is 12.7. The molecule has 0 bridgehead atoms. The van der Waals surface area contributed by atoms with Gasteiger partial charge in [-0.1, -0.05) is 13.0 Å². The molecule has 3 heterocycles. The molecule has 3 aromatic rings. The normalized spacial score (nSPS) is 15.2. The summed E-state index contributed by atoms with van der Waals surface area (Å²) in [5, 5.41) is 4.25. The highest BCUT2D eigenvalue weighted by atomic mass is 32.1. The lowest BCUT2D eigenvalue weighted by Gasteiger charge is -2.32. The van der Waals surface area contributed by atoms with Gasteiger partial charge in [-0.05, 0) is 62.4 Å². The Morgan fingerprint density at radius 3 is 2.54 bits per heavy atom. The van der Waals surface area contributed by atoms with Crippen LogP contribution >= 0.6 is 11.3 Å². The van der Waals surface area contributed by atoms with Crippen molar-refractivity contribution >= 4 is 39.0 Å². The number of rotatable bonds is 4. The molecule has 5 nitrogen and oxygen atoms in total. The standard InChI is InChI=1S/C22H26N4OS/c1-4-18-12-19-20(23-13-24-22(19)28-18)26-7-5-16(6-8-26)21(27)25-17-10-14(2)9-15(3)11-17/h9-13,16H,4-8H2,1-3H3,(H,25,27). The Bertz CT molecular complexity index is 985. The molecule has 4 rings (SSSR count). The summed E-state index contributed by atoms with van der Waals surface area (Å²) in [5.41, 5.74) is 3.23. The number of anilines is 2. The molecule has 1 aromatic carbocycles. The van der Waals surface area contributed by atoms with Crippen molar-refractivity contribution < 1.29 is 4.79 Å². The lowest BCUT2D eigenvalue weighted by molar-refractivity contribution is -0.120. The summed E-state index contributed by atoms with van der Waals surface area (Å²) in [5.74, 6) is 1.18. The van der Waals surface area contributed by atoms with E-state index in [-0.39, 0.29) is 11.8 Å². The molecule has 0 saturated carbocycles. The lowest BCUT2D eigenvalue weighted by Crippen LogP contribution is -2.38. The fraction of sp³-hybridized carbons (Fsp3) is 0.409. The zero-order chi connectivity index (χ0) is 19.7. The van der Waals surface area contributed by atoms with E-state index in [1.54, 1.807) is 17.7 Å². The van der Waals surface area contributed by atoms with Gasteiger partial charge in [0.05, 0.1) is 5.39 Å². The summed E-state index contributed by atoms with van der Waals surface area (Å²) in [6.07, 6.45) is 4.35. The first-order valence-corrected chi connectivity index (χ1v) is 10.7.